The van der Waals surface area contributed by atoms with E-state index in [4.69, 9.17) is 5.11 Å². The van der Waals surface area contributed by atoms with Gasteiger partial charge in [-0.1, -0.05) is 6.92 Å². The van der Waals surface area contributed by atoms with Crippen molar-refractivity contribution in [1.82, 2.24) is 5.32 Å². The van der Waals surface area contributed by atoms with Gasteiger partial charge in [-0.15, -0.1) is 0 Å². The molecule has 4 N–H and O–H groups in total. The van der Waals surface area contributed by atoms with Gasteiger partial charge in [-0.3, -0.25) is 0 Å². The normalized spacial score (nSPS) is 38.4. The van der Waals surface area contributed by atoms with Crippen LogP contribution in [-0.4, -0.2) is 40.3 Å². The first-order valence-corrected chi connectivity index (χ1v) is 3.38. The van der Waals surface area contributed by atoms with Gasteiger partial charge in [0, 0.05) is 12.5 Å². The first-order chi connectivity index (χ1) is 4.59. The van der Waals surface area contributed by atoms with Crippen molar-refractivity contribution in [3.8, 4) is 0 Å². The third kappa shape index (κ3) is 1.03. The lowest BCUT2D eigenvalue weighted by Gasteiger charge is -2.25. The fourth-order valence-electron chi connectivity index (χ4n) is 1.16. The van der Waals surface area contributed by atoms with Crippen molar-refractivity contribution >= 4 is 0 Å². The minimum absolute atomic E-state index is 0.218. The van der Waals surface area contributed by atoms with Crippen LogP contribution in [0.3, 0.4) is 0 Å². The van der Waals surface area contributed by atoms with E-state index in [0.717, 1.165) is 0 Å². The van der Waals surface area contributed by atoms with Crippen LogP contribution in [0.2, 0.25) is 0 Å². The van der Waals surface area contributed by atoms with Gasteiger partial charge in [0.05, 0.1) is 12.6 Å². The summed E-state index contributed by atoms with van der Waals surface area (Å²) in [6, 6.07) is -0.595. The second-order valence-corrected chi connectivity index (χ2v) is 2.83. The Morgan fingerprint density at radius 2 is 2.20 bits per heavy atom. The van der Waals surface area contributed by atoms with E-state index < -0.39 is 11.8 Å². The van der Waals surface area contributed by atoms with Gasteiger partial charge in [-0.2, -0.15) is 0 Å². The molecule has 0 amide bonds. The molecule has 0 spiro atoms. The SMILES string of the molecule is CC1CNC(CO)C1(O)O. The number of hydrogen-bond donors (Lipinski definition) is 4. The molecule has 60 valence electrons. The maximum atomic E-state index is 9.26. The summed E-state index contributed by atoms with van der Waals surface area (Å²) in [6.07, 6.45) is 0. The molecule has 2 unspecified atom stereocenters. The Morgan fingerprint density at radius 1 is 1.60 bits per heavy atom. The molecule has 1 saturated heterocycles. The molecule has 1 fully saturated rings. The molecule has 4 nitrogen and oxygen atoms in total. The average Bonchev–Trinajstić information content (AvgIpc) is 2.10. The predicted molar refractivity (Wildman–Crippen MR) is 35.2 cm³/mol. The van der Waals surface area contributed by atoms with Gasteiger partial charge in [0.15, 0.2) is 5.79 Å². The quantitative estimate of drug-likeness (QED) is 0.332. The summed E-state index contributed by atoms with van der Waals surface area (Å²) in [5.41, 5.74) is 0. The van der Waals surface area contributed by atoms with E-state index in [1.54, 1.807) is 6.92 Å². The summed E-state index contributed by atoms with van der Waals surface area (Å²) in [7, 11) is 0. The van der Waals surface area contributed by atoms with Gasteiger partial charge in [0.2, 0.25) is 0 Å². The highest BCUT2D eigenvalue weighted by Gasteiger charge is 2.44. The summed E-state index contributed by atoms with van der Waals surface area (Å²) in [4.78, 5) is 0. The van der Waals surface area contributed by atoms with Gasteiger partial charge >= 0.3 is 0 Å². The zero-order valence-corrected chi connectivity index (χ0v) is 5.91. The smallest absolute Gasteiger partial charge is 0.184 e. The molecule has 0 aromatic heterocycles. The molecule has 1 heterocycles. The number of hydrogen-bond acceptors (Lipinski definition) is 4. The fraction of sp³-hybridized carbons (Fsp3) is 1.00. The Balaban J connectivity index is 2.64. The highest BCUT2D eigenvalue weighted by atomic mass is 16.5. The zero-order valence-electron chi connectivity index (χ0n) is 5.91. The van der Waals surface area contributed by atoms with Crippen LogP contribution in [0, 0.1) is 5.92 Å². The summed E-state index contributed by atoms with van der Waals surface area (Å²) in [5.74, 6) is -1.96. The van der Waals surface area contributed by atoms with E-state index in [0.29, 0.717) is 6.54 Å². The van der Waals surface area contributed by atoms with Crippen molar-refractivity contribution in [3.05, 3.63) is 0 Å². The van der Waals surface area contributed by atoms with Crippen LogP contribution in [0.15, 0.2) is 0 Å². The number of nitrogens with one attached hydrogen (secondary N) is 1. The lowest BCUT2D eigenvalue weighted by atomic mass is 10.0. The van der Waals surface area contributed by atoms with E-state index in [9.17, 15) is 10.2 Å². The van der Waals surface area contributed by atoms with Crippen molar-refractivity contribution in [2.24, 2.45) is 5.92 Å². The van der Waals surface area contributed by atoms with E-state index in [2.05, 4.69) is 5.32 Å². The fourth-order valence-corrected chi connectivity index (χ4v) is 1.16. The van der Waals surface area contributed by atoms with Crippen LogP contribution in [-0.2, 0) is 0 Å². The molecule has 0 saturated carbocycles. The lowest BCUT2D eigenvalue weighted by Crippen LogP contribution is -2.47. The largest absolute Gasteiger partial charge is 0.395 e. The molecule has 10 heavy (non-hydrogen) atoms. The number of aliphatic hydroxyl groups is 3. The monoisotopic (exact) mass is 147 g/mol. The zero-order chi connectivity index (χ0) is 7.78. The number of rotatable bonds is 1. The molecule has 0 bridgehead atoms. The highest BCUT2D eigenvalue weighted by molar-refractivity contribution is 4.93. The summed E-state index contributed by atoms with van der Waals surface area (Å²) in [5, 5.41) is 29.9. The second-order valence-electron chi connectivity index (χ2n) is 2.83. The minimum atomic E-state index is -1.74. The molecule has 1 aliphatic heterocycles. The maximum absolute atomic E-state index is 9.26. The van der Waals surface area contributed by atoms with Crippen LogP contribution < -0.4 is 5.32 Å². The van der Waals surface area contributed by atoms with Gasteiger partial charge in [0.25, 0.3) is 0 Å². The van der Waals surface area contributed by atoms with Crippen LogP contribution in [0.1, 0.15) is 6.92 Å². The standard InChI is InChI=1S/C6H13NO3/c1-4-2-7-5(3-8)6(4,9)10/h4-5,7-10H,2-3H2,1H3. The lowest BCUT2D eigenvalue weighted by molar-refractivity contribution is -0.196. The molecule has 0 aromatic rings. The maximum Gasteiger partial charge on any atom is 0.184 e. The van der Waals surface area contributed by atoms with Crippen LogP contribution >= 0.6 is 0 Å². The Kier molecular flexibility index (Phi) is 1.96. The average molecular weight is 147 g/mol. The first kappa shape index (κ1) is 7.94. The van der Waals surface area contributed by atoms with Crippen molar-refractivity contribution in [1.29, 1.82) is 0 Å². The summed E-state index contributed by atoms with van der Waals surface area (Å²) in [6.45, 7) is 2.03. The second kappa shape index (κ2) is 2.47. The Bertz CT molecular complexity index is 126. The first-order valence-electron chi connectivity index (χ1n) is 3.38. The highest BCUT2D eigenvalue weighted by Crippen LogP contribution is 2.23. The van der Waals surface area contributed by atoms with Gasteiger partial charge in [-0.25, -0.2) is 0 Å². The van der Waals surface area contributed by atoms with Crippen LogP contribution in [0.5, 0.6) is 0 Å². The molecular weight excluding hydrogens is 134 g/mol. The van der Waals surface area contributed by atoms with Crippen LogP contribution in [0.4, 0.5) is 0 Å². The summed E-state index contributed by atoms with van der Waals surface area (Å²) >= 11 is 0. The molecule has 0 aromatic carbocycles. The van der Waals surface area contributed by atoms with Gasteiger partial charge < -0.3 is 20.6 Å². The van der Waals surface area contributed by atoms with E-state index >= 15 is 0 Å². The van der Waals surface area contributed by atoms with Crippen molar-refractivity contribution in [3.63, 3.8) is 0 Å². The molecular formula is C6H13NO3. The molecule has 4 heteroatoms. The third-order valence-electron chi connectivity index (χ3n) is 2.09. The Hall–Kier alpha value is -0.160. The Morgan fingerprint density at radius 3 is 2.40 bits per heavy atom. The van der Waals surface area contributed by atoms with Crippen molar-refractivity contribution < 1.29 is 15.3 Å². The predicted octanol–water partition coefficient (Wildman–Crippen LogP) is -1.73. The van der Waals surface area contributed by atoms with Crippen LogP contribution in [0.25, 0.3) is 0 Å². The third-order valence-corrected chi connectivity index (χ3v) is 2.09. The molecule has 1 aliphatic rings. The summed E-state index contributed by atoms with van der Waals surface area (Å²) < 4.78 is 0. The minimum Gasteiger partial charge on any atom is -0.395 e. The van der Waals surface area contributed by atoms with Gasteiger partial charge in [-0.05, 0) is 0 Å². The van der Waals surface area contributed by atoms with E-state index in [1.165, 1.54) is 0 Å². The molecule has 0 aliphatic carbocycles. The van der Waals surface area contributed by atoms with E-state index in [1.807, 2.05) is 0 Å². The molecule has 0 radical (unpaired) electrons. The van der Waals surface area contributed by atoms with Gasteiger partial charge in [0.1, 0.15) is 0 Å². The van der Waals surface area contributed by atoms with Crippen molar-refractivity contribution in [2.45, 2.75) is 18.8 Å². The number of aliphatic hydroxyl groups excluding tert-OH is 1. The van der Waals surface area contributed by atoms with E-state index in [-0.39, 0.29) is 12.5 Å². The molecule has 2 atom stereocenters. The van der Waals surface area contributed by atoms with Crippen molar-refractivity contribution in [2.75, 3.05) is 13.2 Å². The Labute approximate surface area is 59.5 Å². The topological polar surface area (TPSA) is 72.7 Å². The molecule has 1 rings (SSSR count).